The maximum Gasteiger partial charge on any atom is 0.573 e. The van der Waals surface area contributed by atoms with Crippen molar-refractivity contribution in [1.82, 2.24) is 4.98 Å². The fourth-order valence-electron chi connectivity index (χ4n) is 1.65. The molecule has 0 saturated heterocycles. The minimum atomic E-state index is -5.15. The number of halogens is 6. The van der Waals surface area contributed by atoms with E-state index < -0.39 is 24.2 Å². The first-order chi connectivity index (χ1) is 10.1. The quantitative estimate of drug-likeness (QED) is 0.765. The average molecular weight is 343 g/mol. The summed E-state index contributed by atoms with van der Waals surface area (Å²) in [6.45, 7) is 0. The summed E-state index contributed by atoms with van der Waals surface area (Å²) in [5.41, 5.74) is 1.36. The highest BCUT2D eigenvalue weighted by Crippen LogP contribution is 2.39. The minimum Gasteiger partial charge on any atom is -0.402 e. The lowest BCUT2D eigenvalue weighted by Gasteiger charge is -2.18. The maximum absolute atomic E-state index is 12.4. The van der Waals surface area contributed by atoms with Gasteiger partial charge in [0.05, 0.1) is 5.51 Å². The van der Waals surface area contributed by atoms with Gasteiger partial charge in [-0.2, -0.15) is 0 Å². The van der Waals surface area contributed by atoms with E-state index in [-0.39, 0.29) is 12.0 Å². The van der Waals surface area contributed by atoms with Crippen LogP contribution in [0.15, 0.2) is 29.9 Å². The lowest BCUT2D eigenvalue weighted by Crippen LogP contribution is -2.22. The molecular weight excluding hydrogens is 336 g/mol. The molecule has 0 unspecified atom stereocenters. The SMILES string of the molecule is FC(F)(F)Oc1cccc(Cc2cncs2)c1OC(F)(F)F. The van der Waals surface area contributed by atoms with Crippen molar-refractivity contribution in [3.63, 3.8) is 0 Å². The molecule has 0 N–H and O–H groups in total. The minimum absolute atomic E-state index is 0.0643. The number of nitrogens with zero attached hydrogens (tertiary/aromatic N) is 1. The van der Waals surface area contributed by atoms with Gasteiger partial charge in [0, 0.05) is 23.1 Å². The van der Waals surface area contributed by atoms with Crippen molar-refractivity contribution in [2.45, 2.75) is 19.1 Å². The van der Waals surface area contributed by atoms with Crippen LogP contribution in [-0.2, 0) is 6.42 Å². The van der Waals surface area contributed by atoms with E-state index in [2.05, 4.69) is 14.5 Å². The monoisotopic (exact) mass is 343 g/mol. The summed E-state index contributed by atoms with van der Waals surface area (Å²) in [7, 11) is 0. The Morgan fingerprint density at radius 1 is 1.00 bits per heavy atom. The van der Waals surface area contributed by atoms with Crippen molar-refractivity contribution >= 4 is 11.3 Å². The van der Waals surface area contributed by atoms with Gasteiger partial charge in [-0.25, -0.2) is 0 Å². The predicted octanol–water partition coefficient (Wildman–Crippen LogP) is 4.53. The highest BCUT2D eigenvalue weighted by molar-refractivity contribution is 7.09. The molecule has 0 radical (unpaired) electrons. The van der Waals surface area contributed by atoms with Crippen LogP contribution in [0.1, 0.15) is 10.4 Å². The van der Waals surface area contributed by atoms with Gasteiger partial charge >= 0.3 is 12.7 Å². The summed E-state index contributed by atoms with van der Waals surface area (Å²) in [5.74, 6) is -2.06. The second kappa shape index (κ2) is 6.03. The molecule has 0 bridgehead atoms. The third kappa shape index (κ3) is 4.79. The Hall–Kier alpha value is -1.97. The molecule has 0 spiro atoms. The zero-order valence-electron chi connectivity index (χ0n) is 10.5. The smallest absolute Gasteiger partial charge is 0.402 e. The third-order valence-electron chi connectivity index (χ3n) is 2.35. The van der Waals surface area contributed by atoms with E-state index in [4.69, 9.17) is 0 Å². The maximum atomic E-state index is 12.4. The molecule has 1 aromatic carbocycles. The molecule has 0 aliphatic rings. The first-order valence-corrected chi connectivity index (χ1v) is 6.53. The molecule has 0 aliphatic carbocycles. The summed E-state index contributed by atoms with van der Waals surface area (Å²) >= 11 is 1.15. The highest BCUT2D eigenvalue weighted by atomic mass is 32.1. The van der Waals surface area contributed by atoms with Crippen LogP contribution in [0, 0.1) is 0 Å². The van der Waals surface area contributed by atoms with Crippen molar-refractivity contribution in [2.24, 2.45) is 0 Å². The van der Waals surface area contributed by atoms with Gasteiger partial charge < -0.3 is 9.47 Å². The van der Waals surface area contributed by atoms with Crippen molar-refractivity contribution in [3.8, 4) is 11.5 Å². The zero-order valence-corrected chi connectivity index (χ0v) is 11.4. The Kier molecular flexibility index (Phi) is 4.50. The Balaban J connectivity index is 2.40. The van der Waals surface area contributed by atoms with Crippen LogP contribution >= 0.6 is 11.3 Å². The van der Waals surface area contributed by atoms with Crippen LogP contribution in [0.2, 0.25) is 0 Å². The van der Waals surface area contributed by atoms with E-state index in [1.165, 1.54) is 17.8 Å². The zero-order chi connectivity index (χ0) is 16.4. The summed E-state index contributed by atoms with van der Waals surface area (Å²) in [6.07, 6.45) is -8.94. The molecule has 3 nitrogen and oxygen atoms in total. The van der Waals surface area contributed by atoms with E-state index in [9.17, 15) is 26.3 Å². The molecule has 1 aromatic heterocycles. The Bertz CT molecular complexity index is 624. The normalized spacial score (nSPS) is 12.3. The lowest BCUT2D eigenvalue weighted by atomic mass is 10.1. The van der Waals surface area contributed by atoms with Gasteiger partial charge in [0.2, 0.25) is 0 Å². The number of alkyl halides is 6. The van der Waals surface area contributed by atoms with E-state index in [0.717, 1.165) is 23.5 Å². The largest absolute Gasteiger partial charge is 0.573 e. The lowest BCUT2D eigenvalue weighted by molar-refractivity contribution is -0.287. The Morgan fingerprint density at radius 2 is 1.68 bits per heavy atom. The molecule has 0 saturated carbocycles. The highest BCUT2D eigenvalue weighted by Gasteiger charge is 2.37. The first-order valence-electron chi connectivity index (χ1n) is 5.65. The first kappa shape index (κ1) is 16.4. The number of para-hydroxylation sites is 1. The average Bonchev–Trinajstić information content (AvgIpc) is 2.83. The van der Waals surface area contributed by atoms with Crippen LogP contribution < -0.4 is 9.47 Å². The van der Waals surface area contributed by atoms with Gasteiger partial charge in [-0.15, -0.1) is 37.7 Å². The van der Waals surface area contributed by atoms with Crippen LogP contribution in [-0.4, -0.2) is 17.7 Å². The fraction of sp³-hybridized carbons (Fsp3) is 0.250. The van der Waals surface area contributed by atoms with Crippen LogP contribution in [0.5, 0.6) is 11.5 Å². The molecule has 0 amide bonds. The van der Waals surface area contributed by atoms with Crippen LogP contribution in [0.4, 0.5) is 26.3 Å². The second-order valence-corrected chi connectivity index (χ2v) is 4.96. The second-order valence-electron chi connectivity index (χ2n) is 3.98. The molecule has 22 heavy (non-hydrogen) atoms. The van der Waals surface area contributed by atoms with Crippen LogP contribution in [0.25, 0.3) is 0 Å². The number of ether oxygens (including phenoxy) is 2. The van der Waals surface area contributed by atoms with Gasteiger partial charge in [-0.1, -0.05) is 12.1 Å². The van der Waals surface area contributed by atoms with E-state index in [1.54, 1.807) is 0 Å². The van der Waals surface area contributed by atoms with E-state index in [0.29, 0.717) is 4.88 Å². The number of hydrogen-bond acceptors (Lipinski definition) is 4. The number of rotatable bonds is 4. The Morgan fingerprint density at radius 3 is 2.23 bits per heavy atom. The number of hydrogen-bond donors (Lipinski definition) is 0. The third-order valence-corrected chi connectivity index (χ3v) is 3.13. The van der Waals surface area contributed by atoms with Gasteiger partial charge in [0.15, 0.2) is 11.5 Å². The number of thiazole rings is 1. The molecule has 0 fully saturated rings. The van der Waals surface area contributed by atoms with Gasteiger partial charge in [0.25, 0.3) is 0 Å². The molecule has 0 aliphatic heterocycles. The predicted molar refractivity (Wildman–Crippen MR) is 64.7 cm³/mol. The van der Waals surface area contributed by atoms with E-state index >= 15 is 0 Å². The molecule has 10 heteroatoms. The summed E-state index contributed by atoms with van der Waals surface area (Å²) < 4.78 is 81.5. The van der Waals surface area contributed by atoms with Crippen molar-refractivity contribution in [3.05, 3.63) is 40.3 Å². The standard InChI is InChI=1S/C12H7F6NO2S/c13-11(14,15)20-9-3-1-2-7(4-8-5-19-6-22-8)10(9)21-12(16,17)18/h1-3,5-6H,4H2. The van der Waals surface area contributed by atoms with Crippen LogP contribution in [0.3, 0.4) is 0 Å². The van der Waals surface area contributed by atoms with Crippen molar-refractivity contribution in [1.29, 1.82) is 0 Å². The fourth-order valence-corrected chi connectivity index (χ4v) is 2.27. The molecule has 2 aromatic rings. The topological polar surface area (TPSA) is 31.4 Å². The summed E-state index contributed by atoms with van der Waals surface area (Å²) in [5, 5.41) is 0. The molecule has 0 atom stereocenters. The molecule has 1 heterocycles. The van der Waals surface area contributed by atoms with Crippen molar-refractivity contribution in [2.75, 3.05) is 0 Å². The molecule has 2 rings (SSSR count). The summed E-state index contributed by atoms with van der Waals surface area (Å²) in [4.78, 5) is 4.31. The van der Waals surface area contributed by atoms with Crippen molar-refractivity contribution < 1.29 is 35.8 Å². The molecular formula is C12H7F6NO2S. The Labute approximate surface area is 124 Å². The summed E-state index contributed by atoms with van der Waals surface area (Å²) in [6, 6.07) is 3.13. The van der Waals surface area contributed by atoms with Gasteiger partial charge in [-0.3, -0.25) is 4.98 Å². The number of benzene rings is 1. The van der Waals surface area contributed by atoms with E-state index in [1.807, 2.05) is 0 Å². The molecule has 120 valence electrons. The van der Waals surface area contributed by atoms with Gasteiger partial charge in [0.1, 0.15) is 0 Å². The van der Waals surface area contributed by atoms with Gasteiger partial charge in [-0.05, 0) is 6.07 Å². The number of aromatic nitrogens is 1.